The molecule has 18 heavy (non-hydrogen) atoms. The van der Waals surface area contributed by atoms with Gasteiger partial charge in [-0.1, -0.05) is 25.4 Å². The van der Waals surface area contributed by atoms with Crippen molar-refractivity contribution >= 4 is 23.2 Å². The van der Waals surface area contributed by atoms with Gasteiger partial charge in [0.05, 0.1) is 11.5 Å². The van der Waals surface area contributed by atoms with Gasteiger partial charge in [0.2, 0.25) is 0 Å². The fraction of sp³-hybridized carbons (Fsp3) is 0.364. The van der Waals surface area contributed by atoms with Crippen LogP contribution in [0.5, 0.6) is 0 Å². The van der Waals surface area contributed by atoms with Gasteiger partial charge in [0, 0.05) is 22.7 Å². The lowest BCUT2D eigenvalue weighted by atomic mass is 10.2. The van der Waals surface area contributed by atoms with E-state index in [4.69, 9.17) is 16.4 Å². The van der Waals surface area contributed by atoms with Gasteiger partial charge in [-0.15, -0.1) is 0 Å². The number of halogens is 1. The van der Waals surface area contributed by atoms with E-state index in [1.54, 1.807) is 0 Å². The van der Waals surface area contributed by atoms with Crippen LogP contribution in [0.4, 0.5) is 5.69 Å². The average molecular weight is 273 g/mol. The summed E-state index contributed by atoms with van der Waals surface area (Å²) in [5.74, 6) is -0.305. The van der Waals surface area contributed by atoms with Crippen molar-refractivity contribution < 1.29 is 14.6 Å². The molecule has 0 fully saturated rings. The van der Waals surface area contributed by atoms with E-state index in [2.05, 4.69) is 5.48 Å². The quantitative estimate of drug-likeness (QED) is 0.660. The number of hydrogen-bond acceptors (Lipinski definition) is 4. The van der Waals surface area contributed by atoms with Crippen molar-refractivity contribution in [3.05, 3.63) is 38.9 Å². The Morgan fingerprint density at radius 2 is 2.17 bits per heavy atom. The lowest BCUT2D eigenvalue weighted by molar-refractivity contribution is -0.384. The minimum absolute atomic E-state index is 0.0814. The Kier molecular flexibility index (Phi) is 5.06. The van der Waals surface area contributed by atoms with Gasteiger partial charge in [0.25, 0.3) is 11.6 Å². The summed E-state index contributed by atoms with van der Waals surface area (Å²) in [7, 11) is 0. The standard InChI is InChI=1S/C11H13ClN2O4/c1-7(2)6-18-13-11(15)8-3-9(12)5-10(4-8)14(16)17/h3-5,7H,6H2,1-2H3,(H,13,15). The summed E-state index contributed by atoms with van der Waals surface area (Å²) < 4.78 is 0. The monoisotopic (exact) mass is 272 g/mol. The third kappa shape index (κ3) is 4.31. The molecule has 0 bridgehead atoms. The van der Waals surface area contributed by atoms with Crippen molar-refractivity contribution in [1.29, 1.82) is 0 Å². The summed E-state index contributed by atoms with van der Waals surface area (Å²) in [6.07, 6.45) is 0. The van der Waals surface area contributed by atoms with Crippen LogP contribution in [0.25, 0.3) is 0 Å². The highest BCUT2D eigenvalue weighted by Crippen LogP contribution is 2.20. The summed E-state index contributed by atoms with van der Waals surface area (Å²) >= 11 is 5.70. The molecule has 1 aromatic carbocycles. The zero-order valence-corrected chi connectivity index (χ0v) is 10.7. The van der Waals surface area contributed by atoms with Gasteiger partial charge in [0.15, 0.2) is 0 Å². The fourth-order valence-corrected chi connectivity index (χ4v) is 1.37. The molecule has 0 spiro atoms. The number of amides is 1. The van der Waals surface area contributed by atoms with Crippen LogP contribution in [0.2, 0.25) is 5.02 Å². The third-order valence-corrected chi connectivity index (χ3v) is 2.16. The molecule has 0 atom stereocenters. The van der Waals surface area contributed by atoms with Crippen LogP contribution in [0, 0.1) is 16.0 Å². The minimum Gasteiger partial charge on any atom is -0.273 e. The van der Waals surface area contributed by atoms with Gasteiger partial charge in [-0.25, -0.2) is 5.48 Å². The molecular weight excluding hydrogens is 260 g/mol. The highest BCUT2D eigenvalue weighted by molar-refractivity contribution is 6.31. The largest absolute Gasteiger partial charge is 0.275 e. The molecule has 6 nitrogen and oxygen atoms in total. The van der Waals surface area contributed by atoms with Crippen LogP contribution in [0.3, 0.4) is 0 Å². The van der Waals surface area contributed by atoms with E-state index < -0.39 is 10.8 Å². The Balaban J connectivity index is 2.76. The molecular formula is C11H13ClN2O4. The van der Waals surface area contributed by atoms with Crippen LogP contribution in [0.15, 0.2) is 18.2 Å². The van der Waals surface area contributed by atoms with E-state index >= 15 is 0 Å². The predicted molar refractivity (Wildman–Crippen MR) is 66.4 cm³/mol. The maximum Gasteiger partial charge on any atom is 0.275 e. The van der Waals surface area contributed by atoms with E-state index in [0.29, 0.717) is 6.61 Å². The number of non-ortho nitro benzene ring substituents is 1. The molecule has 7 heteroatoms. The SMILES string of the molecule is CC(C)CONC(=O)c1cc(Cl)cc([N+](=O)[O-])c1. The van der Waals surface area contributed by atoms with Crippen LogP contribution >= 0.6 is 11.6 Å². The Morgan fingerprint density at radius 1 is 1.50 bits per heavy atom. The molecule has 0 aliphatic rings. The molecule has 0 aromatic heterocycles. The zero-order chi connectivity index (χ0) is 13.7. The minimum atomic E-state index is -0.613. The highest BCUT2D eigenvalue weighted by Gasteiger charge is 2.14. The number of nitro groups is 1. The summed E-state index contributed by atoms with van der Waals surface area (Å²) in [6.45, 7) is 4.21. The van der Waals surface area contributed by atoms with E-state index in [9.17, 15) is 14.9 Å². The van der Waals surface area contributed by atoms with Crippen molar-refractivity contribution in [2.75, 3.05) is 6.61 Å². The van der Waals surface area contributed by atoms with E-state index in [1.165, 1.54) is 12.1 Å². The maximum absolute atomic E-state index is 11.6. The molecule has 1 rings (SSSR count). The Morgan fingerprint density at radius 3 is 2.72 bits per heavy atom. The Hall–Kier alpha value is -1.66. The molecule has 1 N–H and O–H groups in total. The number of benzene rings is 1. The number of nitrogens with one attached hydrogen (secondary N) is 1. The van der Waals surface area contributed by atoms with Crippen molar-refractivity contribution in [3.8, 4) is 0 Å². The summed E-state index contributed by atoms with van der Waals surface area (Å²) in [4.78, 5) is 26.6. The van der Waals surface area contributed by atoms with Crippen LogP contribution in [-0.2, 0) is 4.84 Å². The van der Waals surface area contributed by atoms with E-state index in [-0.39, 0.29) is 22.2 Å². The fourth-order valence-electron chi connectivity index (χ4n) is 1.14. The van der Waals surface area contributed by atoms with Crippen LogP contribution < -0.4 is 5.48 Å². The predicted octanol–water partition coefficient (Wildman–Crippen LogP) is 2.57. The van der Waals surface area contributed by atoms with Crippen LogP contribution in [-0.4, -0.2) is 17.4 Å². The molecule has 0 aliphatic heterocycles. The average Bonchev–Trinajstić information content (AvgIpc) is 2.27. The first-order valence-corrected chi connectivity index (χ1v) is 5.65. The van der Waals surface area contributed by atoms with Gasteiger partial charge < -0.3 is 0 Å². The molecule has 0 unspecified atom stereocenters. The second kappa shape index (κ2) is 6.32. The first-order valence-electron chi connectivity index (χ1n) is 5.27. The van der Waals surface area contributed by atoms with Gasteiger partial charge in [-0.2, -0.15) is 0 Å². The van der Waals surface area contributed by atoms with Crippen molar-refractivity contribution in [1.82, 2.24) is 5.48 Å². The first-order chi connectivity index (χ1) is 8.40. The van der Waals surface area contributed by atoms with Crippen LogP contribution in [0.1, 0.15) is 24.2 Å². The number of nitro benzene ring substituents is 1. The van der Waals surface area contributed by atoms with Gasteiger partial charge >= 0.3 is 0 Å². The second-order valence-electron chi connectivity index (χ2n) is 4.09. The van der Waals surface area contributed by atoms with Gasteiger partial charge in [0.1, 0.15) is 0 Å². The van der Waals surface area contributed by atoms with Crippen molar-refractivity contribution in [2.24, 2.45) is 5.92 Å². The van der Waals surface area contributed by atoms with Crippen molar-refractivity contribution in [3.63, 3.8) is 0 Å². The molecule has 0 saturated carbocycles. The second-order valence-corrected chi connectivity index (χ2v) is 4.53. The number of hydroxylamine groups is 1. The Labute approximate surface area is 109 Å². The lowest BCUT2D eigenvalue weighted by Gasteiger charge is -2.07. The molecule has 0 saturated heterocycles. The lowest BCUT2D eigenvalue weighted by Crippen LogP contribution is -2.25. The molecule has 1 aromatic rings. The number of rotatable bonds is 5. The topological polar surface area (TPSA) is 81.5 Å². The highest BCUT2D eigenvalue weighted by atomic mass is 35.5. The number of nitrogens with zero attached hydrogens (tertiary/aromatic N) is 1. The Bertz CT molecular complexity index is 462. The van der Waals surface area contributed by atoms with Gasteiger partial charge in [-0.05, 0) is 12.0 Å². The molecule has 98 valence electrons. The molecule has 0 heterocycles. The molecule has 0 aliphatic carbocycles. The third-order valence-electron chi connectivity index (χ3n) is 1.94. The van der Waals surface area contributed by atoms with E-state index in [1.807, 2.05) is 13.8 Å². The molecule has 0 radical (unpaired) electrons. The van der Waals surface area contributed by atoms with Gasteiger partial charge in [-0.3, -0.25) is 19.7 Å². The molecule has 1 amide bonds. The zero-order valence-electron chi connectivity index (χ0n) is 9.97. The normalized spacial score (nSPS) is 10.4. The summed E-state index contributed by atoms with van der Waals surface area (Å²) in [6, 6.07) is 3.65. The number of carbonyl (C=O) groups excluding carboxylic acids is 1. The first kappa shape index (κ1) is 14.4. The maximum atomic E-state index is 11.6. The van der Waals surface area contributed by atoms with E-state index in [0.717, 1.165) is 6.07 Å². The number of carbonyl (C=O) groups is 1. The summed E-state index contributed by atoms with van der Waals surface area (Å²) in [5.41, 5.74) is 2.05. The number of hydrogen-bond donors (Lipinski definition) is 1. The van der Waals surface area contributed by atoms with Crippen molar-refractivity contribution in [2.45, 2.75) is 13.8 Å². The summed E-state index contributed by atoms with van der Waals surface area (Å²) in [5, 5.41) is 10.7. The smallest absolute Gasteiger partial charge is 0.273 e.